The van der Waals surface area contributed by atoms with E-state index in [-0.39, 0.29) is 5.75 Å². The van der Waals surface area contributed by atoms with Gasteiger partial charge in [0.2, 0.25) is 0 Å². The van der Waals surface area contributed by atoms with E-state index in [1.54, 1.807) is 0 Å². The zero-order valence-corrected chi connectivity index (χ0v) is 13.4. The lowest BCUT2D eigenvalue weighted by atomic mass is 10.2. The van der Waals surface area contributed by atoms with E-state index in [9.17, 15) is 8.42 Å². The molecule has 0 unspecified atom stereocenters. The predicted octanol–water partition coefficient (Wildman–Crippen LogP) is 2.25. The van der Waals surface area contributed by atoms with Crippen molar-refractivity contribution in [2.45, 2.75) is 26.8 Å². The van der Waals surface area contributed by atoms with Gasteiger partial charge in [0.05, 0.1) is 12.4 Å². The van der Waals surface area contributed by atoms with Crippen molar-refractivity contribution in [3.8, 4) is 5.75 Å². The molecule has 0 fully saturated rings. The summed E-state index contributed by atoms with van der Waals surface area (Å²) in [7, 11) is -2.89. The SMILES string of the molecule is CC(C)CNCc1ccc(OCCCS(C)(=O)=O)cc1. The van der Waals surface area contributed by atoms with Crippen LogP contribution in [0.15, 0.2) is 24.3 Å². The van der Waals surface area contributed by atoms with Gasteiger partial charge in [-0.25, -0.2) is 8.42 Å². The Morgan fingerprint density at radius 3 is 2.40 bits per heavy atom. The van der Waals surface area contributed by atoms with Crippen molar-refractivity contribution in [1.82, 2.24) is 5.32 Å². The van der Waals surface area contributed by atoms with E-state index >= 15 is 0 Å². The van der Waals surface area contributed by atoms with Crippen molar-refractivity contribution in [3.05, 3.63) is 29.8 Å². The molecule has 5 heteroatoms. The van der Waals surface area contributed by atoms with E-state index in [4.69, 9.17) is 4.74 Å². The third-order valence-electron chi connectivity index (χ3n) is 2.73. The highest BCUT2D eigenvalue weighted by atomic mass is 32.2. The van der Waals surface area contributed by atoms with Gasteiger partial charge >= 0.3 is 0 Å². The van der Waals surface area contributed by atoms with Crippen LogP contribution in [0.3, 0.4) is 0 Å². The Kier molecular flexibility index (Phi) is 7.02. The molecule has 0 bridgehead atoms. The van der Waals surface area contributed by atoms with Crippen LogP contribution in [0.1, 0.15) is 25.8 Å². The number of rotatable bonds is 9. The highest BCUT2D eigenvalue weighted by Gasteiger charge is 2.02. The van der Waals surface area contributed by atoms with Crippen LogP contribution >= 0.6 is 0 Å². The van der Waals surface area contributed by atoms with Crippen LogP contribution < -0.4 is 10.1 Å². The summed E-state index contributed by atoms with van der Waals surface area (Å²) in [6, 6.07) is 7.90. The second-order valence-electron chi connectivity index (χ2n) is 5.50. The molecule has 1 aromatic carbocycles. The number of hydrogen-bond donors (Lipinski definition) is 1. The highest BCUT2D eigenvalue weighted by molar-refractivity contribution is 7.90. The van der Waals surface area contributed by atoms with Crippen molar-refractivity contribution in [1.29, 1.82) is 0 Å². The van der Waals surface area contributed by atoms with Crippen LogP contribution in [-0.4, -0.2) is 33.6 Å². The molecular weight excluding hydrogens is 274 g/mol. The summed E-state index contributed by atoms with van der Waals surface area (Å²) in [5, 5.41) is 3.38. The molecule has 0 aliphatic carbocycles. The Morgan fingerprint density at radius 1 is 1.20 bits per heavy atom. The molecule has 1 rings (SSSR count). The lowest BCUT2D eigenvalue weighted by Gasteiger charge is -2.09. The quantitative estimate of drug-likeness (QED) is 0.711. The molecule has 4 nitrogen and oxygen atoms in total. The minimum absolute atomic E-state index is 0.171. The number of hydrogen-bond acceptors (Lipinski definition) is 4. The highest BCUT2D eigenvalue weighted by Crippen LogP contribution is 2.12. The minimum atomic E-state index is -2.89. The third-order valence-corrected chi connectivity index (χ3v) is 3.76. The van der Waals surface area contributed by atoms with E-state index in [1.807, 2.05) is 24.3 Å². The number of benzene rings is 1. The zero-order valence-electron chi connectivity index (χ0n) is 12.6. The molecule has 0 spiro atoms. The molecule has 0 aliphatic heterocycles. The maximum atomic E-state index is 11.0. The summed E-state index contributed by atoms with van der Waals surface area (Å²) in [5.41, 5.74) is 1.22. The molecule has 0 saturated heterocycles. The second kappa shape index (κ2) is 8.27. The lowest BCUT2D eigenvalue weighted by Crippen LogP contribution is -2.18. The first-order chi connectivity index (χ1) is 9.37. The van der Waals surface area contributed by atoms with Crippen LogP contribution in [0.5, 0.6) is 5.75 Å². The van der Waals surface area contributed by atoms with E-state index in [0.717, 1.165) is 18.8 Å². The fraction of sp³-hybridized carbons (Fsp3) is 0.600. The summed E-state index contributed by atoms with van der Waals surface area (Å²) in [5.74, 6) is 1.60. The molecule has 0 heterocycles. The standard InChI is InChI=1S/C15H25NO3S/c1-13(2)11-16-12-14-5-7-15(8-6-14)19-9-4-10-20(3,17)18/h5-8,13,16H,4,9-12H2,1-3H3. The maximum absolute atomic E-state index is 11.0. The number of nitrogens with one attached hydrogen (secondary N) is 1. The average molecular weight is 299 g/mol. The average Bonchev–Trinajstić information content (AvgIpc) is 2.35. The van der Waals surface area contributed by atoms with E-state index in [1.165, 1.54) is 11.8 Å². The summed E-state index contributed by atoms with van der Waals surface area (Å²) >= 11 is 0. The first-order valence-corrected chi connectivity index (χ1v) is 9.03. The van der Waals surface area contributed by atoms with Crippen LogP contribution in [0.25, 0.3) is 0 Å². The summed E-state index contributed by atoms with van der Waals surface area (Å²) in [4.78, 5) is 0. The fourth-order valence-electron chi connectivity index (χ4n) is 1.72. The number of ether oxygens (including phenoxy) is 1. The Hall–Kier alpha value is -1.07. The van der Waals surface area contributed by atoms with E-state index < -0.39 is 9.84 Å². The van der Waals surface area contributed by atoms with Crippen LogP contribution in [0, 0.1) is 5.92 Å². The van der Waals surface area contributed by atoms with Gasteiger partial charge in [-0.2, -0.15) is 0 Å². The van der Waals surface area contributed by atoms with Gasteiger partial charge in [-0.15, -0.1) is 0 Å². The minimum Gasteiger partial charge on any atom is -0.494 e. The van der Waals surface area contributed by atoms with Gasteiger partial charge in [-0.05, 0) is 36.6 Å². The first kappa shape index (κ1) is 17.0. The van der Waals surface area contributed by atoms with Crippen molar-refractivity contribution < 1.29 is 13.2 Å². The van der Waals surface area contributed by atoms with Crippen molar-refractivity contribution >= 4 is 9.84 Å². The molecule has 0 atom stereocenters. The predicted molar refractivity (Wildman–Crippen MR) is 82.8 cm³/mol. The summed E-state index contributed by atoms with van der Waals surface area (Å²) in [6.45, 7) is 6.65. The fourth-order valence-corrected chi connectivity index (χ4v) is 2.36. The van der Waals surface area contributed by atoms with Gasteiger partial charge in [0.1, 0.15) is 15.6 Å². The zero-order chi connectivity index (χ0) is 15.0. The normalized spacial score (nSPS) is 11.8. The Labute approximate surface area is 122 Å². The Bertz CT molecular complexity index is 480. The number of sulfone groups is 1. The van der Waals surface area contributed by atoms with Crippen LogP contribution in [0.4, 0.5) is 0 Å². The summed E-state index contributed by atoms with van der Waals surface area (Å²) in [6.07, 6.45) is 1.77. The molecule has 0 aliphatic rings. The smallest absolute Gasteiger partial charge is 0.147 e. The molecule has 1 N–H and O–H groups in total. The summed E-state index contributed by atoms with van der Waals surface area (Å²) < 4.78 is 27.5. The monoisotopic (exact) mass is 299 g/mol. The maximum Gasteiger partial charge on any atom is 0.147 e. The molecule has 20 heavy (non-hydrogen) atoms. The molecule has 0 saturated carbocycles. The Balaban J connectivity index is 2.28. The molecule has 0 amide bonds. The van der Waals surface area contributed by atoms with Gasteiger partial charge in [0.25, 0.3) is 0 Å². The lowest BCUT2D eigenvalue weighted by molar-refractivity contribution is 0.317. The largest absolute Gasteiger partial charge is 0.494 e. The van der Waals surface area contributed by atoms with Gasteiger partial charge in [-0.3, -0.25) is 0 Å². The van der Waals surface area contributed by atoms with Gasteiger partial charge in [-0.1, -0.05) is 26.0 Å². The van der Waals surface area contributed by atoms with Crippen molar-refractivity contribution in [2.24, 2.45) is 5.92 Å². The van der Waals surface area contributed by atoms with E-state index in [2.05, 4.69) is 19.2 Å². The van der Waals surface area contributed by atoms with Crippen molar-refractivity contribution in [3.63, 3.8) is 0 Å². The van der Waals surface area contributed by atoms with E-state index in [0.29, 0.717) is 18.9 Å². The van der Waals surface area contributed by atoms with Gasteiger partial charge in [0, 0.05) is 12.8 Å². The molecule has 0 radical (unpaired) electrons. The third kappa shape index (κ3) is 8.17. The van der Waals surface area contributed by atoms with Crippen molar-refractivity contribution in [2.75, 3.05) is 25.2 Å². The molecular formula is C15H25NO3S. The molecule has 1 aromatic rings. The van der Waals surface area contributed by atoms with Crippen LogP contribution in [0.2, 0.25) is 0 Å². The van der Waals surface area contributed by atoms with Gasteiger partial charge in [0.15, 0.2) is 0 Å². The Morgan fingerprint density at radius 2 is 1.85 bits per heavy atom. The second-order valence-corrected chi connectivity index (χ2v) is 7.76. The first-order valence-electron chi connectivity index (χ1n) is 6.97. The molecule has 114 valence electrons. The van der Waals surface area contributed by atoms with Gasteiger partial charge < -0.3 is 10.1 Å². The van der Waals surface area contributed by atoms with Crippen LogP contribution in [-0.2, 0) is 16.4 Å². The topological polar surface area (TPSA) is 55.4 Å². The molecule has 0 aromatic heterocycles.